The van der Waals surface area contributed by atoms with Crippen molar-refractivity contribution in [2.75, 3.05) is 27.7 Å². The van der Waals surface area contributed by atoms with Crippen molar-refractivity contribution in [3.63, 3.8) is 0 Å². The number of likely N-dealkylation sites (N-methyl/N-ethyl adjacent to an activating group) is 1. The number of carbonyl (C=O) groups is 1. The van der Waals surface area contributed by atoms with Gasteiger partial charge in [0, 0.05) is 0 Å². The Labute approximate surface area is 84.0 Å². The highest BCUT2D eigenvalue weighted by atomic mass is 127. The lowest BCUT2D eigenvalue weighted by atomic mass is 10.3. The fraction of sp³-hybridized carbons (Fsp3) is 0.833. The summed E-state index contributed by atoms with van der Waals surface area (Å²) in [7, 11) is 5.64. The van der Waals surface area contributed by atoms with Crippen molar-refractivity contribution in [2.24, 2.45) is 5.73 Å². The van der Waals surface area contributed by atoms with Crippen molar-refractivity contribution in [2.45, 2.75) is 6.10 Å². The molecule has 0 saturated carbocycles. The van der Waals surface area contributed by atoms with Gasteiger partial charge in [-0.2, -0.15) is 0 Å². The molecule has 0 aromatic carbocycles. The van der Waals surface area contributed by atoms with Crippen molar-refractivity contribution < 1.29 is 38.4 Å². The Kier molecular flexibility index (Phi) is 6.09. The zero-order chi connectivity index (χ0) is 8.36. The van der Waals surface area contributed by atoms with E-state index in [1.165, 1.54) is 0 Å². The van der Waals surface area contributed by atoms with Crippen LogP contribution in [0.1, 0.15) is 0 Å². The van der Waals surface area contributed by atoms with Crippen LogP contribution in [0.2, 0.25) is 0 Å². The second-order valence-corrected chi connectivity index (χ2v) is 3.39. The molecule has 0 spiro atoms. The zero-order valence-corrected chi connectivity index (χ0v) is 9.20. The molecule has 0 aromatic heterocycles. The van der Waals surface area contributed by atoms with Crippen LogP contribution in [0.15, 0.2) is 0 Å². The molecule has 68 valence electrons. The highest BCUT2D eigenvalue weighted by Crippen LogP contribution is 1.93. The van der Waals surface area contributed by atoms with E-state index in [9.17, 15) is 4.79 Å². The summed E-state index contributed by atoms with van der Waals surface area (Å²) in [6.07, 6.45) is -1.03. The Morgan fingerprint density at radius 2 is 1.91 bits per heavy atom. The molecule has 0 aliphatic rings. The molecule has 0 aliphatic heterocycles. The van der Waals surface area contributed by atoms with Gasteiger partial charge < -0.3 is 39.3 Å². The molecule has 0 heterocycles. The smallest absolute Gasteiger partial charge is 0.252 e. The van der Waals surface area contributed by atoms with Crippen LogP contribution < -0.4 is 29.7 Å². The summed E-state index contributed by atoms with van der Waals surface area (Å²) >= 11 is 0. The lowest BCUT2D eigenvalue weighted by Crippen LogP contribution is -3.00. The number of aliphatic hydroxyl groups excluding tert-OH is 1. The van der Waals surface area contributed by atoms with Gasteiger partial charge in [-0.15, -0.1) is 0 Å². The average Bonchev–Trinajstić information content (AvgIpc) is 1.60. The second kappa shape index (κ2) is 4.89. The van der Waals surface area contributed by atoms with E-state index in [4.69, 9.17) is 10.8 Å². The Hall–Kier alpha value is 0.120. The largest absolute Gasteiger partial charge is 1.00 e. The Bertz CT molecular complexity index is 133. The van der Waals surface area contributed by atoms with Gasteiger partial charge in [-0.3, -0.25) is 4.79 Å². The topological polar surface area (TPSA) is 63.3 Å². The molecular weight excluding hydrogens is 259 g/mol. The molecule has 4 nitrogen and oxygen atoms in total. The van der Waals surface area contributed by atoms with Gasteiger partial charge in [0.15, 0.2) is 6.10 Å². The molecule has 1 atom stereocenters. The summed E-state index contributed by atoms with van der Waals surface area (Å²) in [5, 5.41) is 8.97. The number of hydrogen-bond acceptors (Lipinski definition) is 2. The predicted octanol–water partition coefficient (Wildman–Crippen LogP) is -4.46. The molecule has 0 bridgehead atoms. The quantitative estimate of drug-likeness (QED) is 0.403. The first-order valence-corrected chi connectivity index (χ1v) is 3.11. The van der Waals surface area contributed by atoms with E-state index >= 15 is 0 Å². The number of primary amides is 1. The second-order valence-electron chi connectivity index (χ2n) is 3.39. The van der Waals surface area contributed by atoms with Crippen LogP contribution >= 0.6 is 0 Å². The molecule has 0 radical (unpaired) electrons. The summed E-state index contributed by atoms with van der Waals surface area (Å²) in [6.45, 7) is 0.356. The molecule has 1 amide bonds. The lowest BCUT2D eigenvalue weighted by Gasteiger charge is -2.25. The summed E-state index contributed by atoms with van der Waals surface area (Å²) in [6, 6.07) is 0. The first-order chi connectivity index (χ1) is 4.33. The van der Waals surface area contributed by atoms with Crippen molar-refractivity contribution in [1.82, 2.24) is 0 Å². The van der Waals surface area contributed by atoms with E-state index in [-0.39, 0.29) is 24.0 Å². The number of hydrogen-bond donors (Lipinski definition) is 2. The number of quaternary nitrogens is 1. The fourth-order valence-corrected chi connectivity index (χ4v) is 0.609. The minimum absolute atomic E-state index is 0. The molecule has 1 unspecified atom stereocenters. The summed E-state index contributed by atoms with van der Waals surface area (Å²) in [4.78, 5) is 10.3. The third kappa shape index (κ3) is 8.02. The number of amides is 1. The van der Waals surface area contributed by atoms with Crippen molar-refractivity contribution in [3.8, 4) is 0 Å². The first kappa shape index (κ1) is 13.7. The monoisotopic (exact) mass is 274 g/mol. The van der Waals surface area contributed by atoms with Crippen LogP contribution in [0, 0.1) is 0 Å². The van der Waals surface area contributed by atoms with Crippen molar-refractivity contribution in [3.05, 3.63) is 0 Å². The maximum absolute atomic E-state index is 10.3. The maximum Gasteiger partial charge on any atom is 0.252 e. The molecule has 0 fully saturated rings. The number of halogens is 1. The maximum atomic E-state index is 10.3. The van der Waals surface area contributed by atoms with E-state index in [2.05, 4.69) is 0 Å². The third-order valence-corrected chi connectivity index (χ3v) is 1.05. The molecular formula is C6H15IN2O2. The summed E-state index contributed by atoms with van der Waals surface area (Å²) in [5.41, 5.74) is 4.84. The molecule has 0 aromatic rings. The van der Waals surface area contributed by atoms with Gasteiger partial charge in [0.1, 0.15) is 6.54 Å². The van der Waals surface area contributed by atoms with Crippen LogP contribution in [-0.4, -0.2) is 49.3 Å². The molecule has 11 heavy (non-hydrogen) atoms. The fourth-order valence-electron chi connectivity index (χ4n) is 0.609. The molecule has 0 aliphatic carbocycles. The Balaban J connectivity index is 0. The summed E-state index contributed by atoms with van der Waals surface area (Å²) in [5.74, 6) is -0.659. The molecule has 0 saturated heterocycles. The number of rotatable bonds is 3. The normalized spacial score (nSPS) is 13.5. The average molecular weight is 274 g/mol. The minimum Gasteiger partial charge on any atom is -1.00 e. The van der Waals surface area contributed by atoms with E-state index in [0.717, 1.165) is 0 Å². The Morgan fingerprint density at radius 3 is 2.00 bits per heavy atom. The predicted molar refractivity (Wildman–Crippen MR) is 38.1 cm³/mol. The highest BCUT2D eigenvalue weighted by Gasteiger charge is 2.19. The number of nitrogens with two attached hydrogens (primary N) is 1. The van der Waals surface area contributed by atoms with Gasteiger partial charge in [0.25, 0.3) is 5.91 Å². The van der Waals surface area contributed by atoms with Crippen LogP contribution in [0.4, 0.5) is 0 Å². The Morgan fingerprint density at radius 1 is 1.55 bits per heavy atom. The third-order valence-electron chi connectivity index (χ3n) is 1.05. The van der Waals surface area contributed by atoms with Gasteiger partial charge in [-0.25, -0.2) is 0 Å². The van der Waals surface area contributed by atoms with Crippen molar-refractivity contribution in [1.29, 1.82) is 0 Å². The molecule has 0 rings (SSSR count). The lowest BCUT2D eigenvalue weighted by molar-refractivity contribution is -0.872. The van der Waals surface area contributed by atoms with E-state index in [1.807, 2.05) is 21.1 Å². The number of carbonyl (C=O) groups excluding carboxylic acids is 1. The van der Waals surface area contributed by atoms with E-state index in [0.29, 0.717) is 11.0 Å². The highest BCUT2D eigenvalue weighted by molar-refractivity contribution is 5.78. The number of aliphatic hydroxyl groups is 1. The SMILES string of the molecule is C[N+](C)(C)CC(O)C(N)=O.[I-]. The first-order valence-electron chi connectivity index (χ1n) is 3.11. The zero-order valence-electron chi connectivity index (χ0n) is 7.04. The summed E-state index contributed by atoms with van der Waals surface area (Å²) < 4.78 is 0.532. The van der Waals surface area contributed by atoms with Gasteiger partial charge in [0.2, 0.25) is 0 Å². The van der Waals surface area contributed by atoms with Gasteiger partial charge in [-0.05, 0) is 0 Å². The molecule has 3 N–H and O–H groups in total. The molecule has 5 heteroatoms. The van der Waals surface area contributed by atoms with E-state index < -0.39 is 12.0 Å². The minimum atomic E-state index is -1.03. The van der Waals surface area contributed by atoms with Crippen LogP contribution in [0.5, 0.6) is 0 Å². The standard InChI is InChI=1S/C6H14N2O2.HI/c1-8(2,3)4-5(9)6(7)10;/h5,9H,4H2,1-3H3,(H-,7,10);1H. The van der Waals surface area contributed by atoms with Gasteiger partial charge in [0.05, 0.1) is 21.1 Å². The van der Waals surface area contributed by atoms with Crippen LogP contribution in [-0.2, 0) is 4.79 Å². The van der Waals surface area contributed by atoms with Gasteiger partial charge >= 0.3 is 0 Å². The van der Waals surface area contributed by atoms with Crippen molar-refractivity contribution >= 4 is 5.91 Å². The van der Waals surface area contributed by atoms with Gasteiger partial charge in [-0.1, -0.05) is 0 Å². The van der Waals surface area contributed by atoms with Crippen LogP contribution in [0.3, 0.4) is 0 Å². The van der Waals surface area contributed by atoms with E-state index in [1.54, 1.807) is 0 Å². The number of nitrogens with zero attached hydrogens (tertiary/aromatic N) is 1. The van der Waals surface area contributed by atoms with Crippen LogP contribution in [0.25, 0.3) is 0 Å².